The fraction of sp³-hybridized carbons (Fsp3) is 0.571. The normalized spacial score (nSPS) is 9.00. The van der Waals surface area contributed by atoms with Crippen LogP contribution in [0.15, 0.2) is 12.3 Å². The van der Waals surface area contributed by atoms with Crippen LogP contribution in [0.2, 0.25) is 0 Å². The predicted octanol–water partition coefficient (Wildman–Crippen LogP) is 1.82. The summed E-state index contributed by atoms with van der Waals surface area (Å²) in [5.74, 6) is 0.266. The highest BCUT2D eigenvalue weighted by atomic mass is 16.3. The molecule has 2 nitrogen and oxygen atoms in total. The molecule has 0 fully saturated rings. The second kappa shape index (κ2) is 4.13. The lowest BCUT2D eigenvalue weighted by Crippen LogP contribution is -1.94. The minimum Gasteiger partial charge on any atom is -0.513 e. The number of allylic oxidation sites excluding steroid dienone is 1. The van der Waals surface area contributed by atoms with Gasteiger partial charge in [-0.1, -0.05) is 13.5 Å². The molecule has 0 saturated heterocycles. The Morgan fingerprint density at radius 3 is 2.44 bits per heavy atom. The van der Waals surface area contributed by atoms with Gasteiger partial charge in [-0.05, 0) is 0 Å². The first-order chi connectivity index (χ1) is 4.16. The Morgan fingerprint density at radius 2 is 2.11 bits per heavy atom. The molecule has 0 aromatic heterocycles. The SMILES string of the molecule is C=C(O)CCC(=O)CC. The van der Waals surface area contributed by atoms with Crippen LogP contribution in [0.25, 0.3) is 0 Å². The average molecular weight is 128 g/mol. The summed E-state index contributed by atoms with van der Waals surface area (Å²) < 4.78 is 0. The molecule has 0 aromatic carbocycles. The minimum absolute atomic E-state index is 0.0943. The van der Waals surface area contributed by atoms with Gasteiger partial charge in [0.15, 0.2) is 0 Å². The van der Waals surface area contributed by atoms with Gasteiger partial charge in [-0.15, -0.1) is 0 Å². The third kappa shape index (κ3) is 5.07. The fourth-order valence-electron chi connectivity index (χ4n) is 0.460. The Hall–Kier alpha value is -0.790. The molecule has 52 valence electrons. The summed E-state index contributed by atoms with van der Waals surface area (Å²) in [7, 11) is 0. The van der Waals surface area contributed by atoms with Gasteiger partial charge in [-0.25, -0.2) is 0 Å². The third-order valence-corrected chi connectivity index (χ3v) is 1.09. The van der Waals surface area contributed by atoms with Crippen molar-refractivity contribution in [2.45, 2.75) is 26.2 Å². The second-order valence-corrected chi connectivity index (χ2v) is 1.96. The first kappa shape index (κ1) is 8.21. The minimum atomic E-state index is 0.0943. The highest BCUT2D eigenvalue weighted by molar-refractivity contribution is 5.78. The third-order valence-electron chi connectivity index (χ3n) is 1.09. The van der Waals surface area contributed by atoms with Gasteiger partial charge in [0.25, 0.3) is 0 Å². The number of hydrogen-bond acceptors (Lipinski definition) is 2. The van der Waals surface area contributed by atoms with Crippen LogP contribution >= 0.6 is 0 Å². The van der Waals surface area contributed by atoms with Gasteiger partial charge < -0.3 is 5.11 Å². The zero-order chi connectivity index (χ0) is 7.28. The largest absolute Gasteiger partial charge is 0.513 e. The second-order valence-electron chi connectivity index (χ2n) is 1.96. The van der Waals surface area contributed by atoms with E-state index in [0.29, 0.717) is 19.3 Å². The number of hydrogen-bond donors (Lipinski definition) is 1. The molecule has 0 heterocycles. The molecular weight excluding hydrogens is 116 g/mol. The van der Waals surface area contributed by atoms with Crippen molar-refractivity contribution in [3.8, 4) is 0 Å². The monoisotopic (exact) mass is 128 g/mol. The molecule has 0 saturated carbocycles. The van der Waals surface area contributed by atoms with E-state index >= 15 is 0 Å². The van der Waals surface area contributed by atoms with E-state index in [9.17, 15) is 4.79 Å². The molecule has 0 amide bonds. The van der Waals surface area contributed by atoms with Crippen molar-refractivity contribution in [1.82, 2.24) is 0 Å². The summed E-state index contributed by atoms with van der Waals surface area (Å²) in [4.78, 5) is 10.6. The fourth-order valence-corrected chi connectivity index (χ4v) is 0.460. The maximum absolute atomic E-state index is 10.6. The summed E-state index contributed by atoms with van der Waals surface area (Å²) in [5.41, 5.74) is 0. The molecule has 2 heteroatoms. The molecule has 0 rings (SSSR count). The zero-order valence-corrected chi connectivity index (χ0v) is 5.68. The zero-order valence-electron chi connectivity index (χ0n) is 5.68. The van der Waals surface area contributed by atoms with Crippen LogP contribution in [0.3, 0.4) is 0 Å². The number of ketones is 1. The topological polar surface area (TPSA) is 37.3 Å². The molecule has 0 atom stereocenters. The maximum Gasteiger partial charge on any atom is 0.133 e. The van der Waals surface area contributed by atoms with Gasteiger partial charge in [0, 0.05) is 19.3 Å². The van der Waals surface area contributed by atoms with E-state index in [-0.39, 0.29) is 11.5 Å². The van der Waals surface area contributed by atoms with Crippen molar-refractivity contribution >= 4 is 5.78 Å². The van der Waals surface area contributed by atoms with E-state index in [2.05, 4.69) is 6.58 Å². The lowest BCUT2D eigenvalue weighted by molar-refractivity contribution is -0.118. The molecule has 0 aliphatic heterocycles. The van der Waals surface area contributed by atoms with Crippen molar-refractivity contribution in [2.75, 3.05) is 0 Å². The molecule has 0 aromatic rings. The molecule has 9 heavy (non-hydrogen) atoms. The van der Waals surface area contributed by atoms with E-state index < -0.39 is 0 Å². The lowest BCUT2D eigenvalue weighted by atomic mass is 10.2. The van der Waals surface area contributed by atoms with Gasteiger partial charge in [-0.3, -0.25) is 4.79 Å². The summed E-state index contributed by atoms with van der Waals surface area (Å²) in [6.07, 6.45) is 1.38. The number of carbonyl (C=O) groups excluding carboxylic acids is 1. The summed E-state index contributed by atoms with van der Waals surface area (Å²) >= 11 is 0. The molecular formula is C7H12O2. The van der Waals surface area contributed by atoms with Crippen LogP contribution in [0.5, 0.6) is 0 Å². The van der Waals surface area contributed by atoms with Gasteiger partial charge in [0.2, 0.25) is 0 Å². The number of aliphatic hydroxyl groups is 1. The number of carbonyl (C=O) groups is 1. The lowest BCUT2D eigenvalue weighted by Gasteiger charge is -1.94. The molecule has 1 N–H and O–H groups in total. The molecule has 0 spiro atoms. The Labute approximate surface area is 55.2 Å². The first-order valence-electron chi connectivity index (χ1n) is 3.05. The van der Waals surface area contributed by atoms with Crippen LogP contribution in [0.1, 0.15) is 26.2 Å². The Bertz CT molecular complexity index is 116. The van der Waals surface area contributed by atoms with E-state index in [1.807, 2.05) is 6.92 Å². The Morgan fingerprint density at radius 1 is 1.56 bits per heavy atom. The van der Waals surface area contributed by atoms with Crippen molar-refractivity contribution in [2.24, 2.45) is 0 Å². The van der Waals surface area contributed by atoms with Gasteiger partial charge in [0.1, 0.15) is 5.78 Å². The highest BCUT2D eigenvalue weighted by Crippen LogP contribution is 1.99. The van der Waals surface area contributed by atoms with Crippen molar-refractivity contribution in [1.29, 1.82) is 0 Å². The van der Waals surface area contributed by atoms with E-state index in [1.165, 1.54) is 0 Å². The standard InChI is InChI=1S/C7H12O2/c1-3-7(9)5-4-6(2)8/h8H,2-5H2,1H3. The molecule has 0 bridgehead atoms. The number of aliphatic hydroxyl groups excluding tert-OH is 1. The molecule has 0 radical (unpaired) electrons. The molecule has 0 aliphatic carbocycles. The van der Waals surface area contributed by atoms with E-state index in [1.54, 1.807) is 0 Å². The molecule has 0 unspecified atom stereocenters. The smallest absolute Gasteiger partial charge is 0.133 e. The number of rotatable bonds is 4. The van der Waals surface area contributed by atoms with Crippen LogP contribution in [0, 0.1) is 0 Å². The van der Waals surface area contributed by atoms with Crippen molar-refractivity contribution < 1.29 is 9.90 Å². The maximum atomic E-state index is 10.6. The van der Waals surface area contributed by atoms with Gasteiger partial charge >= 0.3 is 0 Å². The molecule has 0 aliphatic rings. The van der Waals surface area contributed by atoms with Crippen molar-refractivity contribution in [3.63, 3.8) is 0 Å². The summed E-state index contributed by atoms with van der Waals surface area (Å²) in [5, 5.41) is 8.55. The Balaban J connectivity index is 3.28. The van der Waals surface area contributed by atoms with Crippen LogP contribution in [-0.2, 0) is 4.79 Å². The predicted molar refractivity (Wildman–Crippen MR) is 36.3 cm³/mol. The summed E-state index contributed by atoms with van der Waals surface area (Å²) in [6.45, 7) is 5.07. The van der Waals surface area contributed by atoms with E-state index in [4.69, 9.17) is 5.11 Å². The van der Waals surface area contributed by atoms with Crippen LogP contribution < -0.4 is 0 Å². The first-order valence-corrected chi connectivity index (χ1v) is 3.05. The van der Waals surface area contributed by atoms with Crippen LogP contribution in [-0.4, -0.2) is 10.9 Å². The van der Waals surface area contributed by atoms with Gasteiger partial charge in [0.05, 0.1) is 5.76 Å². The quantitative estimate of drug-likeness (QED) is 0.586. The average Bonchev–Trinajstić information content (AvgIpc) is 1.83. The summed E-state index contributed by atoms with van der Waals surface area (Å²) in [6, 6.07) is 0. The van der Waals surface area contributed by atoms with E-state index in [0.717, 1.165) is 0 Å². The van der Waals surface area contributed by atoms with Crippen LogP contribution in [0.4, 0.5) is 0 Å². The van der Waals surface area contributed by atoms with Gasteiger partial charge in [-0.2, -0.15) is 0 Å². The number of Topliss-reactive ketones (excluding diaryl/α,β-unsaturated/α-hetero) is 1. The van der Waals surface area contributed by atoms with Crippen molar-refractivity contribution in [3.05, 3.63) is 12.3 Å². The Kier molecular flexibility index (Phi) is 3.76. The highest BCUT2D eigenvalue weighted by Gasteiger charge is 1.97.